The summed E-state index contributed by atoms with van der Waals surface area (Å²) >= 11 is 0. The molecule has 3 rings (SSSR count). The van der Waals surface area contributed by atoms with Gasteiger partial charge in [0, 0.05) is 30.4 Å². The van der Waals surface area contributed by atoms with Crippen molar-refractivity contribution in [2.45, 2.75) is 44.3 Å². The lowest BCUT2D eigenvalue weighted by Crippen LogP contribution is -2.44. The van der Waals surface area contributed by atoms with E-state index in [0.29, 0.717) is 12.6 Å². The van der Waals surface area contributed by atoms with Crippen LogP contribution >= 0.6 is 0 Å². The quantitative estimate of drug-likeness (QED) is 0.793. The zero-order valence-corrected chi connectivity index (χ0v) is 13.0. The first kappa shape index (κ1) is 15.4. The summed E-state index contributed by atoms with van der Waals surface area (Å²) < 4.78 is 4.97. The van der Waals surface area contributed by atoms with Gasteiger partial charge in [0.25, 0.3) is 0 Å². The lowest BCUT2D eigenvalue weighted by atomic mass is 9.91. The third kappa shape index (κ3) is 4.74. The largest absolute Gasteiger partial charge is 0.472 e. The van der Waals surface area contributed by atoms with E-state index in [9.17, 15) is 4.79 Å². The molecule has 6 nitrogen and oxygen atoms in total. The molecule has 0 bridgehead atoms. The lowest BCUT2D eigenvalue weighted by Gasteiger charge is -2.30. The molecule has 2 heterocycles. The van der Waals surface area contributed by atoms with Crippen molar-refractivity contribution in [3.8, 4) is 0 Å². The second-order valence-corrected chi connectivity index (χ2v) is 5.87. The number of hydrogen-bond donors (Lipinski definition) is 3. The zero-order valence-electron chi connectivity index (χ0n) is 13.0. The van der Waals surface area contributed by atoms with Gasteiger partial charge >= 0.3 is 6.03 Å². The third-order valence-electron chi connectivity index (χ3n) is 4.11. The van der Waals surface area contributed by atoms with Crippen molar-refractivity contribution in [3.63, 3.8) is 0 Å². The van der Waals surface area contributed by atoms with E-state index in [2.05, 4.69) is 20.9 Å². The fourth-order valence-electron chi connectivity index (χ4n) is 2.85. The molecule has 2 amide bonds. The average Bonchev–Trinajstić information content (AvgIpc) is 3.09. The first-order valence-corrected chi connectivity index (χ1v) is 8.02. The average molecular weight is 314 g/mol. The van der Waals surface area contributed by atoms with Crippen molar-refractivity contribution in [1.29, 1.82) is 0 Å². The molecule has 0 radical (unpaired) electrons. The van der Waals surface area contributed by atoms with Gasteiger partial charge in [-0.2, -0.15) is 0 Å². The van der Waals surface area contributed by atoms with E-state index in [-0.39, 0.29) is 12.1 Å². The van der Waals surface area contributed by atoms with Crippen LogP contribution in [0.25, 0.3) is 0 Å². The zero-order chi connectivity index (χ0) is 15.9. The van der Waals surface area contributed by atoms with Gasteiger partial charge in [0.2, 0.25) is 0 Å². The van der Waals surface area contributed by atoms with E-state index in [0.717, 1.165) is 37.1 Å². The molecule has 2 aromatic heterocycles. The van der Waals surface area contributed by atoms with Gasteiger partial charge in [-0.05, 0) is 43.9 Å². The fourth-order valence-corrected chi connectivity index (χ4v) is 2.85. The van der Waals surface area contributed by atoms with E-state index in [1.54, 1.807) is 18.7 Å². The van der Waals surface area contributed by atoms with E-state index in [4.69, 9.17) is 4.42 Å². The van der Waals surface area contributed by atoms with Gasteiger partial charge in [-0.3, -0.25) is 0 Å². The maximum Gasteiger partial charge on any atom is 0.315 e. The molecule has 0 spiro atoms. The molecular formula is C17H22N4O2. The molecule has 3 N–H and O–H groups in total. The Labute approximate surface area is 135 Å². The summed E-state index contributed by atoms with van der Waals surface area (Å²) in [5.74, 6) is 0.918. The van der Waals surface area contributed by atoms with Crippen LogP contribution in [0.15, 0.2) is 47.4 Å². The van der Waals surface area contributed by atoms with Crippen LogP contribution in [0.4, 0.5) is 10.6 Å². The molecular weight excluding hydrogens is 292 g/mol. The van der Waals surface area contributed by atoms with Gasteiger partial charge in [-0.25, -0.2) is 9.78 Å². The highest BCUT2D eigenvalue weighted by Crippen LogP contribution is 2.21. The second kappa shape index (κ2) is 7.67. The third-order valence-corrected chi connectivity index (χ3v) is 4.11. The van der Waals surface area contributed by atoms with E-state index >= 15 is 0 Å². The normalized spacial score (nSPS) is 20.7. The first-order valence-electron chi connectivity index (χ1n) is 8.02. The summed E-state index contributed by atoms with van der Waals surface area (Å²) in [5, 5.41) is 9.34. The number of hydrogen-bond acceptors (Lipinski definition) is 4. The number of amides is 2. The first-order chi connectivity index (χ1) is 11.3. The SMILES string of the molecule is O=C(NCc1ccoc1)NC1CCC(Nc2ccccn2)CC1. The maximum absolute atomic E-state index is 11.9. The van der Waals surface area contributed by atoms with Gasteiger partial charge in [0.05, 0.1) is 12.5 Å². The van der Waals surface area contributed by atoms with Crippen LogP contribution in [-0.4, -0.2) is 23.1 Å². The molecule has 2 aromatic rings. The highest BCUT2D eigenvalue weighted by Gasteiger charge is 2.22. The Bertz CT molecular complexity index is 592. The number of anilines is 1. The minimum atomic E-state index is -0.118. The topological polar surface area (TPSA) is 79.2 Å². The van der Waals surface area contributed by atoms with Crippen LogP contribution in [0.1, 0.15) is 31.2 Å². The van der Waals surface area contributed by atoms with Gasteiger partial charge in [0.1, 0.15) is 5.82 Å². The number of nitrogens with zero attached hydrogens (tertiary/aromatic N) is 1. The van der Waals surface area contributed by atoms with Gasteiger partial charge < -0.3 is 20.4 Å². The predicted octanol–water partition coefficient (Wildman–Crippen LogP) is 2.90. The van der Waals surface area contributed by atoms with Crippen LogP contribution in [0.5, 0.6) is 0 Å². The van der Waals surface area contributed by atoms with Crippen molar-refractivity contribution in [3.05, 3.63) is 48.6 Å². The highest BCUT2D eigenvalue weighted by atomic mass is 16.3. The Morgan fingerprint density at radius 1 is 1.17 bits per heavy atom. The van der Waals surface area contributed by atoms with Gasteiger partial charge in [0.15, 0.2) is 0 Å². The Balaban J connectivity index is 1.36. The Kier molecular flexibility index (Phi) is 5.13. The monoisotopic (exact) mass is 314 g/mol. The molecule has 1 fully saturated rings. The van der Waals surface area contributed by atoms with Crippen LogP contribution in [0.2, 0.25) is 0 Å². The van der Waals surface area contributed by atoms with Crippen LogP contribution in [-0.2, 0) is 6.54 Å². The number of furan rings is 1. The second-order valence-electron chi connectivity index (χ2n) is 5.87. The van der Waals surface area contributed by atoms with Crippen LogP contribution in [0.3, 0.4) is 0 Å². The summed E-state index contributed by atoms with van der Waals surface area (Å²) in [7, 11) is 0. The summed E-state index contributed by atoms with van der Waals surface area (Å²) in [5.41, 5.74) is 0.961. The molecule has 0 saturated heterocycles. The molecule has 0 atom stereocenters. The molecule has 6 heteroatoms. The number of nitrogens with one attached hydrogen (secondary N) is 3. The number of urea groups is 1. The van der Waals surface area contributed by atoms with Gasteiger partial charge in [-0.15, -0.1) is 0 Å². The smallest absolute Gasteiger partial charge is 0.315 e. The lowest BCUT2D eigenvalue weighted by molar-refractivity contribution is 0.231. The van der Waals surface area contributed by atoms with Crippen molar-refractivity contribution in [2.75, 3.05) is 5.32 Å². The van der Waals surface area contributed by atoms with E-state index in [1.165, 1.54) is 0 Å². The Morgan fingerprint density at radius 3 is 2.70 bits per heavy atom. The van der Waals surface area contributed by atoms with Crippen molar-refractivity contribution < 1.29 is 9.21 Å². The number of aromatic nitrogens is 1. The molecule has 0 unspecified atom stereocenters. The number of carbonyl (C=O) groups excluding carboxylic acids is 1. The van der Waals surface area contributed by atoms with Gasteiger partial charge in [-0.1, -0.05) is 6.07 Å². The van der Waals surface area contributed by atoms with Crippen LogP contribution in [0, 0.1) is 0 Å². The van der Waals surface area contributed by atoms with E-state index in [1.807, 2.05) is 24.3 Å². The standard InChI is InChI=1S/C17H22N4O2/c22-17(19-11-13-8-10-23-12-13)21-15-6-4-14(5-7-15)20-16-3-1-2-9-18-16/h1-3,8-10,12,14-15H,4-7,11H2,(H,18,20)(H2,19,21,22). The highest BCUT2D eigenvalue weighted by molar-refractivity contribution is 5.74. The predicted molar refractivity (Wildman–Crippen MR) is 88.0 cm³/mol. The Hall–Kier alpha value is -2.50. The molecule has 1 aliphatic carbocycles. The van der Waals surface area contributed by atoms with Crippen molar-refractivity contribution >= 4 is 11.8 Å². The molecule has 0 aliphatic heterocycles. The molecule has 122 valence electrons. The minimum Gasteiger partial charge on any atom is -0.472 e. The van der Waals surface area contributed by atoms with Crippen molar-refractivity contribution in [2.24, 2.45) is 0 Å². The molecule has 1 saturated carbocycles. The summed E-state index contributed by atoms with van der Waals surface area (Å²) in [6.45, 7) is 0.485. The Morgan fingerprint density at radius 2 is 2.00 bits per heavy atom. The summed E-state index contributed by atoms with van der Waals surface area (Å²) in [6, 6.07) is 8.26. The molecule has 1 aliphatic rings. The number of pyridine rings is 1. The van der Waals surface area contributed by atoms with Crippen molar-refractivity contribution in [1.82, 2.24) is 15.6 Å². The maximum atomic E-state index is 11.9. The molecule has 23 heavy (non-hydrogen) atoms. The van der Waals surface area contributed by atoms with Crippen LogP contribution < -0.4 is 16.0 Å². The van der Waals surface area contributed by atoms with E-state index < -0.39 is 0 Å². The molecule has 0 aromatic carbocycles. The summed E-state index contributed by atoms with van der Waals surface area (Å²) in [6.07, 6.45) is 9.04. The number of carbonyl (C=O) groups is 1. The minimum absolute atomic E-state index is 0.118. The number of rotatable bonds is 5. The summed E-state index contributed by atoms with van der Waals surface area (Å²) in [4.78, 5) is 16.2. The fraction of sp³-hybridized carbons (Fsp3) is 0.412.